The number of hydrogen-bond acceptors (Lipinski definition) is 3. The van der Waals surface area contributed by atoms with Gasteiger partial charge in [0.25, 0.3) is 0 Å². The van der Waals surface area contributed by atoms with E-state index in [1.54, 1.807) is 6.20 Å². The number of aromatic nitrogens is 2. The molecule has 0 bridgehead atoms. The van der Waals surface area contributed by atoms with Crippen LogP contribution in [-0.4, -0.2) is 32.8 Å². The maximum absolute atomic E-state index is 11.7. The molecule has 0 aromatic carbocycles. The lowest BCUT2D eigenvalue weighted by molar-refractivity contribution is 0.152. The van der Waals surface area contributed by atoms with Crippen LogP contribution in [-0.2, 0) is 0 Å². The summed E-state index contributed by atoms with van der Waals surface area (Å²) in [6, 6.07) is -0.259. The van der Waals surface area contributed by atoms with E-state index in [4.69, 9.17) is 0 Å². The van der Waals surface area contributed by atoms with Gasteiger partial charge in [-0.3, -0.25) is 4.57 Å². The van der Waals surface area contributed by atoms with Crippen LogP contribution in [0.15, 0.2) is 18.7 Å². The van der Waals surface area contributed by atoms with Crippen molar-refractivity contribution in [1.29, 1.82) is 0 Å². The van der Waals surface area contributed by atoms with Gasteiger partial charge in [0, 0.05) is 12.4 Å². The Balaban J connectivity index is 2.71. The summed E-state index contributed by atoms with van der Waals surface area (Å²) in [6.45, 7) is 3.82. The third-order valence-corrected chi connectivity index (χ3v) is 2.77. The fraction of sp³-hybridized carbons (Fsp3) is 0.600. The molecule has 0 aliphatic carbocycles. The van der Waals surface area contributed by atoms with Crippen molar-refractivity contribution in [2.75, 3.05) is 6.61 Å². The van der Waals surface area contributed by atoms with Crippen molar-refractivity contribution < 1.29 is 9.90 Å². The minimum Gasteiger partial charge on any atom is -0.394 e. The van der Waals surface area contributed by atoms with Crippen LogP contribution in [0.25, 0.3) is 0 Å². The van der Waals surface area contributed by atoms with Gasteiger partial charge in [-0.05, 0) is 12.8 Å². The molecule has 0 saturated carbocycles. The minimum atomic E-state index is -0.526. The minimum absolute atomic E-state index is 0.0551. The number of hydrogen-bond donors (Lipinski definition) is 2. The normalized spacial score (nSPS) is 11.4. The first-order chi connectivity index (χ1) is 7.17. The van der Waals surface area contributed by atoms with Crippen LogP contribution < -0.4 is 5.32 Å². The van der Waals surface area contributed by atoms with E-state index in [0.29, 0.717) is 12.8 Å². The molecule has 1 rings (SSSR count). The Morgan fingerprint density at radius 1 is 1.53 bits per heavy atom. The lowest BCUT2D eigenvalue weighted by Crippen LogP contribution is -2.51. The van der Waals surface area contributed by atoms with Crippen LogP contribution in [0.4, 0.5) is 4.79 Å². The summed E-state index contributed by atoms with van der Waals surface area (Å²) >= 11 is 0. The molecule has 0 atom stereocenters. The van der Waals surface area contributed by atoms with Crippen molar-refractivity contribution in [3.05, 3.63) is 18.7 Å². The second kappa shape index (κ2) is 4.93. The van der Waals surface area contributed by atoms with Gasteiger partial charge in [-0.25, -0.2) is 9.78 Å². The molecule has 2 N–H and O–H groups in total. The molecule has 84 valence electrons. The molecule has 0 radical (unpaired) electrons. The zero-order valence-electron chi connectivity index (χ0n) is 9.10. The Morgan fingerprint density at radius 2 is 2.20 bits per heavy atom. The summed E-state index contributed by atoms with van der Waals surface area (Å²) in [5.74, 6) is 0. The van der Waals surface area contributed by atoms with E-state index in [0.717, 1.165) is 0 Å². The lowest BCUT2D eigenvalue weighted by Gasteiger charge is -2.30. The molecule has 0 aliphatic rings. The van der Waals surface area contributed by atoms with Gasteiger partial charge in [-0.15, -0.1) is 0 Å². The molecule has 0 saturated heterocycles. The van der Waals surface area contributed by atoms with Gasteiger partial charge in [0.15, 0.2) is 0 Å². The smallest absolute Gasteiger partial charge is 0.327 e. The monoisotopic (exact) mass is 211 g/mol. The molecule has 0 unspecified atom stereocenters. The second-order valence-corrected chi connectivity index (χ2v) is 3.55. The molecule has 5 heteroatoms. The highest BCUT2D eigenvalue weighted by Gasteiger charge is 2.27. The number of aliphatic hydroxyl groups excluding tert-OH is 1. The molecular formula is C10H17N3O2. The molecule has 1 amide bonds. The van der Waals surface area contributed by atoms with Crippen molar-refractivity contribution in [3.63, 3.8) is 0 Å². The van der Waals surface area contributed by atoms with E-state index in [1.165, 1.54) is 17.1 Å². The third kappa shape index (κ3) is 2.56. The Bertz CT molecular complexity index is 296. The van der Waals surface area contributed by atoms with Crippen molar-refractivity contribution in [2.24, 2.45) is 0 Å². The number of carbonyl (C=O) groups is 1. The number of rotatable bonds is 4. The number of nitrogens with one attached hydrogen (secondary N) is 1. The van der Waals surface area contributed by atoms with Gasteiger partial charge in [0.2, 0.25) is 0 Å². The molecule has 1 aromatic rings. The maximum Gasteiger partial charge on any atom is 0.327 e. The van der Waals surface area contributed by atoms with E-state index in [2.05, 4.69) is 10.3 Å². The first-order valence-electron chi connectivity index (χ1n) is 5.08. The summed E-state index contributed by atoms with van der Waals surface area (Å²) in [6.07, 6.45) is 5.94. The fourth-order valence-electron chi connectivity index (χ4n) is 1.36. The van der Waals surface area contributed by atoms with Crippen molar-refractivity contribution >= 4 is 6.03 Å². The first-order valence-corrected chi connectivity index (χ1v) is 5.08. The zero-order valence-corrected chi connectivity index (χ0v) is 9.10. The summed E-state index contributed by atoms with van der Waals surface area (Å²) in [4.78, 5) is 15.5. The Morgan fingerprint density at radius 3 is 2.60 bits per heavy atom. The van der Waals surface area contributed by atoms with E-state index in [9.17, 15) is 9.90 Å². The van der Waals surface area contributed by atoms with Crippen LogP contribution in [0.3, 0.4) is 0 Å². The molecule has 1 heterocycles. The average molecular weight is 211 g/mol. The number of carbonyl (C=O) groups excluding carboxylic acids is 1. The fourth-order valence-corrected chi connectivity index (χ4v) is 1.36. The summed E-state index contributed by atoms with van der Waals surface area (Å²) < 4.78 is 1.36. The molecule has 5 nitrogen and oxygen atoms in total. The van der Waals surface area contributed by atoms with Gasteiger partial charge >= 0.3 is 6.03 Å². The topological polar surface area (TPSA) is 67.2 Å². The van der Waals surface area contributed by atoms with Crippen LogP contribution in [0.5, 0.6) is 0 Å². The molecule has 0 spiro atoms. The van der Waals surface area contributed by atoms with Gasteiger partial charge in [0.1, 0.15) is 6.33 Å². The lowest BCUT2D eigenvalue weighted by atomic mass is 9.94. The van der Waals surface area contributed by atoms with Crippen LogP contribution >= 0.6 is 0 Å². The predicted molar refractivity (Wildman–Crippen MR) is 56.6 cm³/mol. The third-order valence-electron chi connectivity index (χ3n) is 2.77. The van der Waals surface area contributed by atoms with Crippen LogP contribution in [0.1, 0.15) is 26.7 Å². The molecule has 15 heavy (non-hydrogen) atoms. The van der Waals surface area contributed by atoms with Gasteiger partial charge < -0.3 is 10.4 Å². The Kier molecular flexibility index (Phi) is 3.85. The maximum atomic E-state index is 11.7. The number of amides is 1. The van der Waals surface area contributed by atoms with E-state index in [-0.39, 0.29) is 12.6 Å². The first kappa shape index (κ1) is 11.7. The summed E-state index contributed by atoms with van der Waals surface area (Å²) in [5.41, 5.74) is -0.526. The largest absolute Gasteiger partial charge is 0.394 e. The van der Waals surface area contributed by atoms with Crippen LogP contribution in [0.2, 0.25) is 0 Å². The van der Waals surface area contributed by atoms with Crippen molar-refractivity contribution in [1.82, 2.24) is 14.9 Å². The highest BCUT2D eigenvalue weighted by atomic mass is 16.3. The van der Waals surface area contributed by atoms with E-state index < -0.39 is 5.54 Å². The van der Waals surface area contributed by atoms with Gasteiger partial charge in [-0.2, -0.15) is 0 Å². The van der Waals surface area contributed by atoms with E-state index in [1.807, 2.05) is 13.8 Å². The van der Waals surface area contributed by atoms with Gasteiger partial charge in [0.05, 0.1) is 12.1 Å². The molecular weight excluding hydrogens is 194 g/mol. The number of nitrogens with zero attached hydrogens (tertiary/aromatic N) is 2. The Labute approximate surface area is 89.1 Å². The Hall–Kier alpha value is -1.36. The quantitative estimate of drug-likeness (QED) is 0.780. The average Bonchev–Trinajstić information content (AvgIpc) is 2.79. The highest BCUT2D eigenvalue weighted by Crippen LogP contribution is 2.14. The second-order valence-electron chi connectivity index (χ2n) is 3.55. The number of imidazole rings is 1. The van der Waals surface area contributed by atoms with E-state index >= 15 is 0 Å². The SMILES string of the molecule is CCC(CC)(CO)NC(=O)n1ccnc1. The van der Waals surface area contributed by atoms with Crippen molar-refractivity contribution in [3.8, 4) is 0 Å². The highest BCUT2D eigenvalue weighted by molar-refractivity contribution is 5.77. The summed E-state index contributed by atoms with van der Waals surface area (Å²) in [7, 11) is 0. The van der Waals surface area contributed by atoms with Crippen LogP contribution in [0, 0.1) is 0 Å². The number of aliphatic hydroxyl groups is 1. The van der Waals surface area contributed by atoms with Gasteiger partial charge in [-0.1, -0.05) is 13.8 Å². The molecule has 0 fully saturated rings. The summed E-state index contributed by atoms with van der Waals surface area (Å²) in [5, 5.41) is 12.1. The standard InChI is InChI=1S/C10H17N3O2/c1-3-10(4-2,7-14)12-9(15)13-6-5-11-8-13/h5-6,8,14H,3-4,7H2,1-2H3,(H,12,15). The molecule has 1 aromatic heterocycles. The zero-order chi connectivity index (χ0) is 11.3. The van der Waals surface area contributed by atoms with Crippen molar-refractivity contribution in [2.45, 2.75) is 32.2 Å². The molecule has 0 aliphatic heterocycles. The predicted octanol–water partition coefficient (Wildman–Crippen LogP) is 0.992.